The van der Waals surface area contributed by atoms with E-state index in [-0.39, 0.29) is 17.3 Å². The van der Waals surface area contributed by atoms with Crippen LogP contribution in [0.1, 0.15) is 31.1 Å². The van der Waals surface area contributed by atoms with Crippen molar-refractivity contribution in [2.24, 2.45) is 5.41 Å². The summed E-state index contributed by atoms with van der Waals surface area (Å²) in [6, 6.07) is 9.65. The minimum atomic E-state index is -0.658. The van der Waals surface area contributed by atoms with Crippen molar-refractivity contribution in [3.63, 3.8) is 0 Å². The molecule has 0 aliphatic carbocycles. The second-order valence-electron chi connectivity index (χ2n) is 7.83. The third-order valence-corrected chi connectivity index (χ3v) is 4.92. The summed E-state index contributed by atoms with van der Waals surface area (Å²) in [7, 11) is 0. The molecule has 3 rings (SSSR count). The Morgan fingerprint density at radius 2 is 1.60 bits per heavy atom. The molecule has 9 heteroatoms. The molecule has 0 saturated heterocycles. The fraction of sp³-hybridized carbons (Fsp3) is 0.238. The molecule has 0 radical (unpaired) electrons. The summed E-state index contributed by atoms with van der Waals surface area (Å²) in [4.78, 5) is 40.9. The number of carbonyl (C=O) groups excluding carboxylic acids is 1. The van der Waals surface area contributed by atoms with Crippen molar-refractivity contribution in [3.8, 4) is 0 Å². The van der Waals surface area contributed by atoms with Crippen LogP contribution in [-0.4, -0.2) is 17.1 Å². The predicted molar refractivity (Wildman–Crippen MR) is 120 cm³/mol. The monoisotopic (exact) mass is 446 g/mol. The number of rotatable bonds is 6. The lowest BCUT2D eigenvalue weighted by molar-refractivity contribution is 0.0913. The lowest BCUT2D eigenvalue weighted by Gasteiger charge is -2.33. The number of benzene rings is 1. The Bertz CT molecular complexity index is 1130. The molecule has 0 aliphatic heterocycles. The lowest BCUT2D eigenvalue weighted by Crippen LogP contribution is -2.51. The van der Waals surface area contributed by atoms with Gasteiger partial charge in [0.05, 0.1) is 11.9 Å². The van der Waals surface area contributed by atoms with E-state index in [1.165, 1.54) is 6.20 Å². The van der Waals surface area contributed by atoms with Gasteiger partial charge in [-0.05, 0) is 36.4 Å². The van der Waals surface area contributed by atoms with Gasteiger partial charge in [0.2, 0.25) is 0 Å². The number of halogens is 2. The van der Waals surface area contributed by atoms with Crippen LogP contribution in [0.15, 0.2) is 52.2 Å². The molecule has 0 saturated carbocycles. The number of nitrogens with one attached hydrogen (secondary N) is 3. The second-order valence-corrected chi connectivity index (χ2v) is 8.65. The molecule has 156 valence electrons. The van der Waals surface area contributed by atoms with E-state index < -0.39 is 22.4 Å². The van der Waals surface area contributed by atoms with Crippen LogP contribution >= 0.6 is 23.2 Å². The van der Waals surface area contributed by atoms with E-state index in [9.17, 15) is 14.4 Å². The van der Waals surface area contributed by atoms with E-state index in [1.54, 1.807) is 36.4 Å². The molecule has 0 fully saturated rings. The highest BCUT2D eigenvalue weighted by Crippen LogP contribution is 2.26. The highest BCUT2D eigenvalue weighted by molar-refractivity contribution is 6.30. The molecule has 1 heterocycles. The van der Waals surface area contributed by atoms with E-state index in [0.29, 0.717) is 21.4 Å². The molecular weight excluding hydrogens is 427 g/mol. The van der Waals surface area contributed by atoms with Gasteiger partial charge in [0.1, 0.15) is 22.7 Å². The molecule has 3 N–H and O–H groups in total. The maximum absolute atomic E-state index is 12.7. The van der Waals surface area contributed by atoms with Crippen LogP contribution in [0, 0.1) is 5.41 Å². The highest BCUT2D eigenvalue weighted by Gasteiger charge is 2.31. The van der Waals surface area contributed by atoms with Gasteiger partial charge in [0, 0.05) is 16.0 Å². The summed E-state index contributed by atoms with van der Waals surface area (Å²) in [6.45, 7) is 5.69. The first-order chi connectivity index (χ1) is 14.1. The van der Waals surface area contributed by atoms with Gasteiger partial charge in [0.15, 0.2) is 0 Å². The van der Waals surface area contributed by atoms with Gasteiger partial charge in [-0.15, -0.1) is 0 Å². The average molecular weight is 447 g/mol. The largest absolute Gasteiger partial charge is 0.360 e. The summed E-state index contributed by atoms with van der Waals surface area (Å²) in [5, 5.41) is 9.59. The summed E-state index contributed by atoms with van der Waals surface area (Å²) in [6.07, 6.45) is 0.819. The van der Waals surface area contributed by atoms with Gasteiger partial charge in [-0.1, -0.05) is 44.0 Å². The Balaban J connectivity index is 1.82. The second kappa shape index (κ2) is 8.45. The van der Waals surface area contributed by atoms with Gasteiger partial charge >= 0.3 is 0 Å². The third-order valence-electron chi connectivity index (χ3n) is 4.44. The van der Waals surface area contributed by atoms with Crippen molar-refractivity contribution in [2.45, 2.75) is 26.9 Å². The number of anilines is 3. The first-order valence-electron chi connectivity index (χ1n) is 9.11. The molecule has 1 unspecified atom stereocenters. The van der Waals surface area contributed by atoms with Crippen LogP contribution in [0.4, 0.5) is 17.1 Å². The maximum atomic E-state index is 12.7. The van der Waals surface area contributed by atoms with Crippen molar-refractivity contribution < 1.29 is 4.79 Å². The fourth-order valence-corrected chi connectivity index (χ4v) is 2.91. The van der Waals surface area contributed by atoms with Crippen LogP contribution in [0.25, 0.3) is 0 Å². The normalized spacial score (nSPS) is 12.4. The predicted octanol–water partition coefficient (Wildman–Crippen LogP) is 3.94. The van der Waals surface area contributed by atoms with E-state index in [0.717, 1.165) is 0 Å². The Morgan fingerprint density at radius 3 is 2.17 bits per heavy atom. The molecule has 0 bridgehead atoms. The summed E-state index contributed by atoms with van der Waals surface area (Å²) >= 11 is 11.6. The van der Waals surface area contributed by atoms with Gasteiger partial charge < -0.3 is 16.0 Å². The minimum Gasteiger partial charge on any atom is -0.360 e. The smallest absolute Gasteiger partial charge is 0.253 e. The SMILES string of the molecule is CC(C)(C)C(NC(=O)c1ccc(Cl)cc1)Nc1c(Nc2ccc(Cl)nc2)c(=O)c1=O. The zero-order chi connectivity index (χ0) is 22.1. The van der Waals surface area contributed by atoms with Crippen molar-refractivity contribution in [3.05, 3.63) is 78.8 Å². The number of hydrogen-bond acceptors (Lipinski definition) is 6. The summed E-state index contributed by atoms with van der Waals surface area (Å²) in [5.41, 5.74) is -0.636. The standard InChI is InChI=1S/C21H20Cl2N4O3/c1-21(2,3)20(27-19(30)11-4-6-12(22)7-5-11)26-16-15(17(28)18(16)29)25-13-8-9-14(23)24-10-13/h4-10,20,25-26H,1-3H3,(H,27,30). The molecule has 1 atom stereocenters. The summed E-state index contributed by atoms with van der Waals surface area (Å²) < 4.78 is 0. The Morgan fingerprint density at radius 1 is 0.967 bits per heavy atom. The van der Waals surface area contributed by atoms with Crippen LogP contribution < -0.4 is 26.8 Å². The Labute approximate surface area is 183 Å². The molecular formula is C21H20Cl2N4O3. The lowest BCUT2D eigenvalue weighted by atomic mass is 9.91. The van der Waals surface area contributed by atoms with Crippen molar-refractivity contribution in [1.82, 2.24) is 10.3 Å². The number of nitrogens with zero attached hydrogens (tertiary/aromatic N) is 1. The number of amides is 1. The van der Waals surface area contributed by atoms with E-state index >= 15 is 0 Å². The van der Waals surface area contributed by atoms with E-state index in [2.05, 4.69) is 20.9 Å². The zero-order valence-electron chi connectivity index (χ0n) is 16.5. The minimum absolute atomic E-state index is 0.103. The Kier molecular flexibility index (Phi) is 6.14. The summed E-state index contributed by atoms with van der Waals surface area (Å²) in [5.74, 6) is -0.339. The molecule has 30 heavy (non-hydrogen) atoms. The fourth-order valence-electron chi connectivity index (χ4n) is 2.67. The molecule has 7 nitrogen and oxygen atoms in total. The molecule has 0 spiro atoms. The van der Waals surface area contributed by atoms with Crippen LogP contribution in [0.3, 0.4) is 0 Å². The van der Waals surface area contributed by atoms with Crippen molar-refractivity contribution >= 4 is 46.2 Å². The average Bonchev–Trinajstić information content (AvgIpc) is 2.70. The molecule has 1 aromatic heterocycles. The van der Waals surface area contributed by atoms with Crippen LogP contribution in [-0.2, 0) is 0 Å². The number of pyridine rings is 1. The van der Waals surface area contributed by atoms with Gasteiger partial charge in [-0.3, -0.25) is 14.4 Å². The molecule has 1 amide bonds. The van der Waals surface area contributed by atoms with Gasteiger partial charge in [0.25, 0.3) is 16.8 Å². The molecule has 3 aromatic rings. The van der Waals surface area contributed by atoms with E-state index in [1.807, 2.05) is 20.8 Å². The zero-order valence-corrected chi connectivity index (χ0v) is 18.1. The Hall–Kier alpha value is -2.90. The topological polar surface area (TPSA) is 100 Å². The number of aromatic nitrogens is 1. The maximum Gasteiger partial charge on any atom is 0.253 e. The third kappa shape index (κ3) is 4.80. The van der Waals surface area contributed by atoms with Crippen LogP contribution in [0.2, 0.25) is 10.2 Å². The molecule has 2 aromatic carbocycles. The van der Waals surface area contributed by atoms with Crippen molar-refractivity contribution in [1.29, 1.82) is 0 Å². The van der Waals surface area contributed by atoms with Crippen LogP contribution in [0.5, 0.6) is 0 Å². The highest BCUT2D eigenvalue weighted by atomic mass is 35.5. The quantitative estimate of drug-likeness (QED) is 0.301. The number of carbonyl (C=O) groups is 1. The van der Waals surface area contributed by atoms with Gasteiger partial charge in [-0.2, -0.15) is 0 Å². The van der Waals surface area contributed by atoms with Crippen molar-refractivity contribution in [2.75, 3.05) is 10.6 Å². The van der Waals surface area contributed by atoms with E-state index in [4.69, 9.17) is 23.2 Å². The van der Waals surface area contributed by atoms with Gasteiger partial charge in [-0.25, -0.2) is 4.98 Å². The molecule has 0 aliphatic rings. The first kappa shape index (κ1) is 21.8. The first-order valence-corrected chi connectivity index (χ1v) is 9.86. The number of hydrogen-bond donors (Lipinski definition) is 3.